The van der Waals surface area contributed by atoms with Gasteiger partial charge >= 0.3 is 0 Å². The van der Waals surface area contributed by atoms with E-state index in [2.05, 4.69) is 10.3 Å². The van der Waals surface area contributed by atoms with Crippen molar-refractivity contribution >= 4 is 23.4 Å². The van der Waals surface area contributed by atoms with Crippen LogP contribution >= 0.6 is 11.8 Å². The van der Waals surface area contributed by atoms with Crippen molar-refractivity contribution in [2.45, 2.75) is 18.4 Å². The summed E-state index contributed by atoms with van der Waals surface area (Å²) in [6, 6.07) is 13.2. The summed E-state index contributed by atoms with van der Waals surface area (Å²) < 4.78 is 14.5. The monoisotopic (exact) mass is 383 g/mol. The van der Waals surface area contributed by atoms with E-state index in [1.165, 1.54) is 41.2 Å². The Kier molecular flexibility index (Phi) is 6.03. The number of para-hydroxylation sites is 1. The molecule has 0 unspecified atom stereocenters. The van der Waals surface area contributed by atoms with Crippen molar-refractivity contribution in [3.63, 3.8) is 0 Å². The minimum atomic E-state index is -0.375. The third kappa shape index (κ3) is 4.62. The van der Waals surface area contributed by atoms with Crippen LogP contribution in [-0.4, -0.2) is 21.2 Å². The first-order valence-electron chi connectivity index (χ1n) is 8.42. The van der Waals surface area contributed by atoms with Crippen LogP contribution in [0.1, 0.15) is 12.5 Å². The van der Waals surface area contributed by atoms with E-state index in [-0.39, 0.29) is 28.1 Å². The second kappa shape index (κ2) is 8.64. The molecule has 1 N–H and O–H groups in total. The average Bonchev–Trinajstić information content (AvgIpc) is 2.68. The summed E-state index contributed by atoms with van der Waals surface area (Å²) in [6.45, 7) is 2.02. The number of nitrogens with zero attached hydrogens (tertiary/aromatic N) is 2. The maximum absolute atomic E-state index is 13.1. The van der Waals surface area contributed by atoms with Gasteiger partial charge in [0, 0.05) is 23.8 Å². The summed E-state index contributed by atoms with van der Waals surface area (Å²) in [5, 5.41) is 3.07. The van der Waals surface area contributed by atoms with E-state index in [4.69, 9.17) is 0 Å². The highest BCUT2D eigenvalue weighted by Crippen LogP contribution is 2.17. The van der Waals surface area contributed by atoms with Gasteiger partial charge in [0.05, 0.1) is 5.75 Å². The number of anilines is 1. The number of hydrogen-bond donors (Lipinski definition) is 1. The molecule has 2 aromatic carbocycles. The van der Waals surface area contributed by atoms with Crippen molar-refractivity contribution in [1.29, 1.82) is 0 Å². The molecule has 0 aliphatic heterocycles. The van der Waals surface area contributed by atoms with Crippen molar-refractivity contribution < 1.29 is 9.18 Å². The fourth-order valence-electron chi connectivity index (χ4n) is 2.57. The highest BCUT2D eigenvalue weighted by atomic mass is 32.2. The quantitative estimate of drug-likeness (QED) is 0.660. The first-order chi connectivity index (χ1) is 13.1. The third-order valence-corrected chi connectivity index (χ3v) is 4.89. The molecule has 7 heteroatoms. The molecule has 1 amide bonds. The molecule has 0 aliphatic carbocycles. The Hall–Kier alpha value is -2.93. The van der Waals surface area contributed by atoms with Crippen LogP contribution in [0, 0.1) is 5.82 Å². The zero-order valence-corrected chi connectivity index (χ0v) is 15.5. The summed E-state index contributed by atoms with van der Waals surface area (Å²) in [6.07, 6.45) is 3.81. The predicted molar refractivity (Wildman–Crippen MR) is 105 cm³/mol. The molecule has 0 saturated carbocycles. The molecule has 3 aromatic rings. The second-order valence-electron chi connectivity index (χ2n) is 5.73. The Morgan fingerprint density at radius 1 is 1.19 bits per heavy atom. The molecule has 138 valence electrons. The van der Waals surface area contributed by atoms with Crippen LogP contribution in [0.2, 0.25) is 0 Å². The van der Waals surface area contributed by atoms with Crippen LogP contribution in [0.3, 0.4) is 0 Å². The predicted octanol–water partition coefficient (Wildman–Crippen LogP) is 3.66. The Morgan fingerprint density at radius 3 is 2.67 bits per heavy atom. The van der Waals surface area contributed by atoms with Gasteiger partial charge in [0.25, 0.3) is 5.56 Å². The van der Waals surface area contributed by atoms with Gasteiger partial charge in [-0.15, -0.1) is 0 Å². The summed E-state index contributed by atoms with van der Waals surface area (Å²) in [5.41, 5.74) is 2.01. The van der Waals surface area contributed by atoms with Gasteiger partial charge in [0.1, 0.15) is 5.82 Å². The Balaban J connectivity index is 1.71. The summed E-state index contributed by atoms with van der Waals surface area (Å²) >= 11 is 1.07. The van der Waals surface area contributed by atoms with E-state index in [9.17, 15) is 14.0 Å². The topological polar surface area (TPSA) is 64.0 Å². The zero-order valence-electron chi connectivity index (χ0n) is 14.7. The standard InChI is InChI=1S/C20H18FN3O2S/c1-2-14-5-3-4-6-17(14)23-18(25)13-27-19-20(26)24(12-11-22-19)16-9-7-15(21)8-10-16/h3-12H,2,13H2,1H3,(H,23,25). The van der Waals surface area contributed by atoms with Crippen LogP contribution in [0.4, 0.5) is 10.1 Å². The molecule has 0 fully saturated rings. The van der Waals surface area contributed by atoms with Gasteiger partial charge in [-0.3, -0.25) is 14.2 Å². The normalized spacial score (nSPS) is 10.6. The van der Waals surface area contributed by atoms with Crippen LogP contribution < -0.4 is 10.9 Å². The highest BCUT2D eigenvalue weighted by molar-refractivity contribution is 7.99. The Morgan fingerprint density at radius 2 is 1.93 bits per heavy atom. The van der Waals surface area contributed by atoms with E-state index in [0.29, 0.717) is 5.69 Å². The van der Waals surface area contributed by atoms with E-state index < -0.39 is 0 Å². The van der Waals surface area contributed by atoms with Gasteiger partial charge in [-0.1, -0.05) is 36.9 Å². The fourth-order valence-corrected chi connectivity index (χ4v) is 3.27. The number of rotatable bonds is 6. The smallest absolute Gasteiger partial charge is 0.287 e. The highest BCUT2D eigenvalue weighted by Gasteiger charge is 2.11. The van der Waals surface area contributed by atoms with Crippen LogP contribution in [0.25, 0.3) is 5.69 Å². The van der Waals surface area contributed by atoms with E-state index in [1.54, 1.807) is 0 Å². The maximum Gasteiger partial charge on any atom is 0.287 e. The van der Waals surface area contributed by atoms with Crippen molar-refractivity contribution in [1.82, 2.24) is 9.55 Å². The molecule has 0 atom stereocenters. The van der Waals surface area contributed by atoms with Crippen molar-refractivity contribution in [2.75, 3.05) is 11.1 Å². The number of hydrogen-bond acceptors (Lipinski definition) is 4. The van der Waals surface area contributed by atoms with Crippen LogP contribution in [0.5, 0.6) is 0 Å². The van der Waals surface area contributed by atoms with Crippen LogP contribution in [0.15, 0.2) is 70.7 Å². The molecule has 0 saturated heterocycles. The number of aryl methyl sites for hydroxylation is 1. The van der Waals surface area contributed by atoms with E-state index >= 15 is 0 Å². The average molecular weight is 383 g/mol. The molecule has 0 aliphatic rings. The second-order valence-corrected chi connectivity index (χ2v) is 6.70. The van der Waals surface area contributed by atoms with Gasteiger partial charge in [-0.2, -0.15) is 0 Å². The van der Waals surface area contributed by atoms with Gasteiger partial charge in [0.15, 0.2) is 5.03 Å². The molecule has 27 heavy (non-hydrogen) atoms. The minimum Gasteiger partial charge on any atom is -0.325 e. The summed E-state index contributed by atoms with van der Waals surface area (Å²) in [7, 11) is 0. The largest absolute Gasteiger partial charge is 0.325 e. The van der Waals surface area contributed by atoms with Crippen molar-refractivity contribution in [3.05, 3.63) is 82.7 Å². The number of amides is 1. The molecule has 1 heterocycles. The minimum absolute atomic E-state index is 0.0632. The SMILES string of the molecule is CCc1ccccc1NC(=O)CSc1nccn(-c2ccc(F)cc2)c1=O. The molecule has 0 spiro atoms. The lowest BCUT2D eigenvalue weighted by atomic mass is 10.1. The third-order valence-electron chi connectivity index (χ3n) is 3.93. The zero-order chi connectivity index (χ0) is 19.2. The molecule has 1 aromatic heterocycles. The molecule has 0 bridgehead atoms. The van der Waals surface area contributed by atoms with Gasteiger partial charge < -0.3 is 5.32 Å². The molecule has 5 nitrogen and oxygen atoms in total. The number of benzene rings is 2. The van der Waals surface area contributed by atoms with Crippen molar-refractivity contribution in [2.24, 2.45) is 0 Å². The lowest BCUT2D eigenvalue weighted by molar-refractivity contribution is -0.113. The molecular formula is C20H18FN3O2S. The first kappa shape index (κ1) is 18.8. The summed E-state index contributed by atoms with van der Waals surface area (Å²) in [5.74, 6) is -0.521. The Labute approximate surface area is 160 Å². The number of carbonyl (C=O) groups is 1. The fraction of sp³-hybridized carbons (Fsp3) is 0.150. The Bertz CT molecular complexity index is 1000. The lowest BCUT2D eigenvalue weighted by Gasteiger charge is -2.10. The number of aromatic nitrogens is 2. The number of halogens is 1. The van der Waals surface area contributed by atoms with Crippen molar-refractivity contribution in [3.8, 4) is 5.69 Å². The molecule has 3 rings (SSSR count). The maximum atomic E-state index is 13.1. The van der Waals surface area contributed by atoms with E-state index in [0.717, 1.165) is 29.4 Å². The first-order valence-corrected chi connectivity index (χ1v) is 9.41. The lowest BCUT2D eigenvalue weighted by Crippen LogP contribution is -2.22. The number of carbonyl (C=O) groups excluding carboxylic acids is 1. The van der Waals surface area contributed by atoms with Gasteiger partial charge in [-0.05, 0) is 42.3 Å². The van der Waals surface area contributed by atoms with Gasteiger partial charge in [0.2, 0.25) is 5.91 Å². The van der Waals surface area contributed by atoms with Crippen LogP contribution in [-0.2, 0) is 11.2 Å². The number of nitrogens with one attached hydrogen (secondary N) is 1. The van der Waals surface area contributed by atoms with E-state index in [1.807, 2.05) is 31.2 Å². The molecule has 0 radical (unpaired) electrons. The molecular weight excluding hydrogens is 365 g/mol. The number of thioether (sulfide) groups is 1. The van der Waals surface area contributed by atoms with Gasteiger partial charge in [-0.25, -0.2) is 9.37 Å². The summed E-state index contributed by atoms with van der Waals surface area (Å²) in [4.78, 5) is 28.9.